The predicted molar refractivity (Wildman–Crippen MR) is 120 cm³/mol. The molecule has 0 aromatic heterocycles. The molecule has 6 nitrogen and oxygen atoms in total. The maximum absolute atomic E-state index is 13.2. The minimum Gasteiger partial charge on any atom is -0.493 e. The second-order valence-electron chi connectivity index (χ2n) is 7.26. The van der Waals surface area contributed by atoms with E-state index < -0.39 is 0 Å². The summed E-state index contributed by atoms with van der Waals surface area (Å²) in [6.45, 7) is 3.48. The van der Waals surface area contributed by atoms with Crippen LogP contribution in [0.3, 0.4) is 0 Å². The second-order valence-corrected chi connectivity index (χ2v) is 8.30. The average molecular weight is 429 g/mol. The van der Waals surface area contributed by atoms with Gasteiger partial charge in [0.2, 0.25) is 5.91 Å². The van der Waals surface area contributed by atoms with E-state index in [2.05, 4.69) is 5.32 Å². The third-order valence-corrected chi connectivity index (χ3v) is 6.07. The highest BCUT2D eigenvalue weighted by molar-refractivity contribution is 8.00. The van der Waals surface area contributed by atoms with Crippen LogP contribution in [0.25, 0.3) is 0 Å². The Morgan fingerprint density at radius 3 is 2.27 bits per heavy atom. The monoisotopic (exact) mass is 428 g/mol. The van der Waals surface area contributed by atoms with Crippen LogP contribution >= 0.6 is 11.8 Å². The molecule has 1 aliphatic rings. The molecule has 0 unspecified atom stereocenters. The highest BCUT2D eigenvalue weighted by Crippen LogP contribution is 2.34. The van der Waals surface area contributed by atoms with Crippen molar-refractivity contribution in [1.29, 1.82) is 0 Å². The molecule has 1 aliphatic heterocycles. The molecule has 0 saturated carbocycles. The van der Waals surface area contributed by atoms with Gasteiger partial charge in [-0.05, 0) is 44.4 Å². The van der Waals surface area contributed by atoms with Crippen LogP contribution in [0, 0.1) is 6.92 Å². The average Bonchev–Trinajstić information content (AvgIpc) is 2.78. The molecular formula is C23H28N2O4S. The van der Waals surface area contributed by atoms with E-state index in [0.717, 1.165) is 37.2 Å². The van der Waals surface area contributed by atoms with Gasteiger partial charge in [-0.1, -0.05) is 17.7 Å². The lowest BCUT2D eigenvalue weighted by Gasteiger charge is -2.28. The lowest BCUT2D eigenvalue weighted by atomic mass is 10.1. The van der Waals surface area contributed by atoms with Crippen molar-refractivity contribution in [2.45, 2.75) is 31.1 Å². The zero-order valence-corrected chi connectivity index (χ0v) is 18.5. The molecule has 0 aliphatic carbocycles. The Morgan fingerprint density at radius 1 is 1.00 bits per heavy atom. The number of carbonyl (C=O) groups excluding carboxylic acids is 2. The Hall–Kier alpha value is -2.67. The van der Waals surface area contributed by atoms with E-state index in [1.165, 1.54) is 31.5 Å². The summed E-state index contributed by atoms with van der Waals surface area (Å²) in [5.41, 5.74) is 2.04. The molecule has 0 bridgehead atoms. The number of nitrogens with zero attached hydrogens (tertiary/aromatic N) is 1. The van der Waals surface area contributed by atoms with E-state index in [0.29, 0.717) is 22.7 Å². The molecule has 0 radical (unpaired) electrons. The molecule has 0 spiro atoms. The van der Waals surface area contributed by atoms with Crippen molar-refractivity contribution < 1.29 is 19.1 Å². The van der Waals surface area contributed by atoms with E-state index in [4.69, 9.17) is 9.47 Å². The number of hydrogen-bond donors (Lipinski definition) is 1. The number of carbonyl (C=O) groups is 2. The Balaban J connectivity index is 1.79. The minimum atomic E-state index is -0.180. The van der Waals surface area contributed by atoms with Gasteiger partial charge in [0.25, 0.3) is 5.91 Å². The molecule has 1 fully saturated rings. The number of ether oxygens (including phenoxy) is 2. The summed E-state index contributed by atoms with van der Waals surface area (Å²) in [4.78, 5) is 28.6. The van der Waals surface area contributed by atoms with Crippen molar-refractivity contribution in [3.05, 3.63) is 47.5 Å². The summed E-state index contributed by atoms with van der Waals surface area (Å²) in [5, 5.41) is 2.90. The van der Waals surface area contributed by atoms with Gasteiger partial charge in [0.1, 0.15) is 0 Å². The lowest BCUT2D eigenvalue weighted by molar-refractivity contribution is -0.113. The third kappa shape index (κ3) is 5.48. The van der Waals surface area contributed by atoms with Crippen LogP contribution in [-0.2, 0) is 4.79 Å². The molecule has 160 valence electrons. The molecule has 3 rings (SSSR count). The first kappa shape index (κ1) is 22.0. The van der Waals surface area contributed by atoms with Crippen molar-refractivity contribution in [3.63, 3.8) is 0 Å². The van der Waals surface area contributed by atoms with Crippen molar-refractivity contribution in [2.75, 3.05) is 38.4 Å². The SMILES string of the molecule is COc1cc(NC(=O)CSc2ccc(C)cc2)c(C(=O)N2CCCCC2)cc1OC. The van der Waals surface area contributed by atoms with Crippen LogP contribution in [0.5, 0.6) is 11.5 Å². The maximum Gasteiger partial charge on any atom is 0.256 e. The van der Waals surface area contributed by atoms with E-state index in [1.807, 2.05) is 36.1 Å². The third-order valence-electron chi connectivity index (χ3n) is 5.06. The Bertz CT molecular complexity index is 893. The first-order chi connectivity index (χ1) is 14.5. The standard InChI is InChI=1S/C23H28N2O4S/c1-16-7-9-17(10-8-16)30-15-22(26)24-19-14-21(29-3)20(28-2)13-18(19)23(27)25-11-5-4-6-12-25/h7-10,13-14H,4-6,11-12,15H2,1-3H3,(H,24,26). The van der Waals surface area contributed by atoms with Crippen molar-refractivity contribution in [1.82, 2.24) is 4.90 Å². The van der Waals surface area contributed by atoms with Gasteiger partial charge < -0.3 is 19.7 Å². The summed E-state index contributed by atoms with van der Waals surface area (Å²) in [6.07, 6.45) is 3.12. The topological polar surface area (TPSA) is 67.9 Å². The Morgan fingerprint density at radius 2 is 1.63 bits per heavy atom. The smallest absolute Gasteiger partial charge is 0.256 e. The first-order valence-corrected chi connectivity index (χ1v) is 11.0. The number of piperidine rings is 1. The fourth-order valence-electron chi connectivity index (χ4n) is 3.40. The maximum atomic E-state index is 13.2. The minimum absolute atomic E-state index is 0.0999. The van der Waals surface area contributed by atoms with Crippen molar-refractivity contribution in [2.24, 2.45) is 0 Å². The van der Waals surface area contributed by atoms with Crippen LogP contribution in [0.2, 0.25) is 0 Å². The van der Waals surface area contributed by atoms with E-state index >= 15 is 0 Å². The molecule has 1 saturated heterocycles. The van der Waals surface area contributed by atoms with Crippen LogP contribution in [-0.4, -0.2) is 49.8 Å². The van der Waals surface area contributed by atoms with Gasteiger partial charge >= 0.3 is 0 Å². The van der Waals surface area contributed by atoms with Crippen molar-refractivity contribution >= 4 is 29.3 Å². The predicted octanol–water partition coefficient (Wildman–Crippen LogP) is 4.37. The zero-order chi connectivity index (χ0) is 21.5. The normalized spacial score (nSPS) is 13.6. The summed E-state index contributed by atoms with van der Waals surface area (Å²) in [7, 11) is 3.06. The molecular weight excluding hydrogens is 400 g/mol. The molecule has 0 atom stereocenters. The number of aryl methyl sites for hydroxylation is 1. The first-order valence-electron chi connectivity index (χ1n) is 10.1. The number of nitrogens with one attached hydrogen (secondary N) is 1. The van der Waals surface area contributed by atoms with Gasteiger partial charge in [0.15, 0.2) is 11.5 Å². The Labute approximate surface area is 181 Å². The molecule has 2 aromatic rings. The summed E-state index contributed by atoms with van der Waals surface area (Å²) < 4.78 is 10.7. The molecule has 2 amide bonds. The van der Waals surface area contributed by atoms with Crippen LogP contribution in [0.15, 0.2) is 41.3 Å². The lowest BCUT2D eigenvalue weighted by Crippen LogP contribution is -2.36. The van der Waals surface area contributed by atoms with E-state index in [-0.39, 0.29) is 17.6 Å². The van der Waals surface area contributed by atoms with Gasteiger partial charge in [0.05, 0.1) is 31.2 Å². The number of thioether (sulfide) groups is 1. The number of anilines is 1. The van der Waals surface area contributed by atoms with Crippen LogP contribution < -0.4 is 14.8 Å². The van der Waals surface area contributed by atoms with Crippen LogP contribution in [0.1, 0.15) is 35.2 Å². The number of amides is 2. The van der Waals surface area contributed by atoms with Gasteiger partial charge in [-0.2, -0.15) is 0 Å². The number of likely N-dealkylation sites (tertiary alicyclic amines) is 1. The molecule has 2 aromatic carbocycles. The highest BCUT2D eigenvalue weighted by atomic mass is 32.2. The number of rotatable bonds is 7. The quantitative estimate of drug-likeness (QED) is 0.664. The molecule has 1 N–H and O–H groups in total. The number of benzene rings is 2. The summed E-state index contributed by atoms with van der Waals surface area (Å²) in [6, 6.07) is 11.3. The molecule has 7 heteroatoms. The van der Waals surface area contributed by atoms with Gasteiger partial charge in [-0.15, -0.1) is 11.8 Å². The van der Waals surface area contributed by atoms with Gasteiger partial charge in [-0.25, -0.2) is 0 Å². The summed E-state index contributed by atoms with van der Waals surface area (Å²) in [5.74, 6) is 0.895. The fourth-order valence-corrected chi connectivity index (χ4v) is 4.09. The largest absolute Gasteiger partial charge is 0.493 e. The molecule has 30 heavy (non-hydrogen) atoms. The van der Waals surface area contributed by atoms with Crippen molar-refractivity contribution in [3.8, 4) is 11.5 Å². The zero-order valence-electron chi connectivity index (χ0n) is 17.7. The fraction of sp³-hybridized carbons (Fsp3) is 0.391. The van der Waals surface area contributed by atoms with E-state index in [1.54, 1.807) is 12.1 Å². The molecule has 1 heterocycles. The van der Waals surface area contributed by atoms with Crippen LogP contribution in [0.4, 0.5) is 5.69 Å². The number of methoxy groups -OCH3 is 2. The van der Waals surface area contributed by atoms with E-state index in [9.17, 15) is 9.59 Å². The van der Waals surface area contributed by atoms with Gasteiger partial charge in [-0.3, -0.25) is 9.59 Å². The summed E-state index contributed by atoms with van der Waals surface area (Å²) >= 11 is 1.45. The number of hydrogen-bond acceptors (Lipinski definition) is 5. The Kier molecular flexibility index (Phi) is 7.63. The second kappa shape index (κ2) is 10.4. The van der Waals surface area contributed by atoms with Gasteiger partial charge in [0, 0.05) is 24.1 Å². The highest BCUT2D eigenvalue weighted by Gasteiger charge is 2.24.